The molecule has 1 amide bonds. The van der Waals surface area contributed by atoms with Gasteiger partial charge < -0.3 is 9.64 Å². The number of hydrazine groups is 1. The first-order valence-electron chi connectivity index (χ1n) is 9.94. The van der Waals surface area contributed by atoms with E-state index in [0.29, 0.717) is 37.4 Å². The first-order valence-corrected chi connectivity index (χ1v) is 9.94. The highest BCUT2D eigenvalue weighted by atomic mass is 16.5. The zero-order chi connectivity index (χ0) is 19.4. The average molecular weight is 373 g/mol. The van der Waals surface area contributed by atoms with Crippen molar-refractivity contribution < 1.29 is 14.3 Å². The Morgan fingerprint density at radius 3 is 2.67 bits per heavy atom. The highest BCUT2D eigenvalue weighted by Crippen LogP contribution is 2.33. The summed E-state index contributed by atoms with van der Waals surface area (Å²) in [6.45, 7) is 6.14. The van der Waals surface area contributed by atoms with Crippen LogP contribution in [0, 0.1) is 11.8 Å². The van der Waals surface area contributed by atoms with Gasteiger partial charge in [-0.15, -0.1) is 0 Å². The minimum absolute atomic E-state index is 0.219. The first kappa shape index (κ1) is 19.8. The summed E-state index contributed by atoms with van der Waals surface area (Å²) < 4.78 is 5.37. The van der Waals surface area contributed by atoms with Gasteiger partial charge in [-0.1, -0.05) is 26.0 Å². The van der Waals surface area contributed by atoms with Gasteiger partial charge in [0, 0.05) is 38.0 Å². The second-order valence-electron chi connectivity index (χ2n) is 8.08. The Labute approximate surface area is 161 Å². The Hall–Kier alpha value is -1.92. The quantitative estimate of drug-likeness (QED) is 0.748. The maximum Gasteiger partial charge on any atom is 0.289 e. The molecule has 6 nitrogen and oxygen atoms in total. The second kappa shape index (κ2) is 8.85. The molecule has 2 unspecified atom stereocenters. The van der Waals surface area contributed by atoms with Gasteiger partial charge >= 0.3 is 0 Å². The molecule has 3 rings (SSSR count). The number of hydrogen-bond acceptors (Lipinski definition) is 5. The molecule has 2 aliphatic heterocycles. The number of likely N-dealkylation sites (tertiary alicyclic amines) is 1. The second-order valence-corrected chi connectivity index (χ2v) is 8.08. The molecule has 27 heavy (non-hydrogen) atoms. The minimum Gasteiger partial charge on any atom is -0.497 e. The van der Waals surface area contributed by atoms with Crippen LogP contribution in [0.1, 0.15) is 44.6 Å². The Morgan fingerprint density at radius 1 is 1.26 bits per heavy atom. The molecule has 2 N–H and O–H groups in total. The number of ether oxygens (including phenoxy) is 1. The Morgan fingerprint density at radius 2 is 2.00 bits per heavy atom. The summed E-state index contributed by atoms with van der Waals surface area (Å²) in [6, 6.07) is 8.58. The van der Waals surface area contributed by atoms with Crippen molar-refractivity contribution in [3.8, 4) is 5.75 Å². The number of nitrogens with one attached hydrogen (secondary N) is 2. The molecule has 2 aliphatic rings. The van der Waals surface area contributed by atoms with E-state index in [1.807, 2.05) is 26.0 Å². The topological polar surface area (TPSA) is 70.7 Å². The molecule has 0 saturated carbocycles. The van der Waals surface area contributed by atoms with Crippen molar-refractivity contribution in [2.75, 3.05) is 26.7 Å². The maximum atomic E-state index is 12.4. The molecular weight excluding hydrogens is 342 g/mol. The number of piperidine rings is 1. The van der Waals surface area contributed by atoms with Gasteiger partial charge in [0.25, 0.3) is 5.91 Å². The van der Waals surface area contributed by atoms with Crippen molar-refractivity contribution in [2.24, 2.45) is 11.8 Å². The van der Waals surface area contributed by atoms with Crippen molar-refractivity contribution >= 4 is 11.7 Å². The highest BCUT2D eigenvalue weighted by molar-refractivity contribution is 6.36. The van der Waals surface area contributed by atoms with Crippen LogP contribution in [0.2, 0.25) is 0 Å². The lowest BCUT2D eigenvalue weighted by molar-refractivity contribution is -0.146. The molecule has 0 bridgehead atoms. The standard InChI is InChI=1S/C21H31N3O3/c1-14(2)11-19(25)21(26)24-9-7-15(8-10-24)20-18(13-22-23-20)16-5-4-6-17(12-16)27-3/h4-6,12,14-15,18,20,22-23H,7-11,13H2,1-3H3. The molecule has 1 aromatic carbocycles. The van der Waals surface area contributed by atoms with Crippen LogP contribution >= 0.6 is 0 Å². The van der Waals surface area contributed by atoms with Crippen molar-refractivity contribution in [1.29, 1.82) is 0 Å². The first-order chi connectivity index (χ1) is 13.0. The van der Waals surface area contributed by atoms with E-state index in [-0.39, 0.29) is 17.6 Å². The third-order valence-corrected chi connectivity index (χ3v) is 5.71. The molecule has 0 aromatic heterocycles. The summed E-state index contributed by atoms with van der Waals surface area (Å²) in [4.78, 5) is 26.2. The van der Waals surface area contributed by atoms with Crippen LogP contribution in [0.3, 0.4) is 0 Å². The van der Waals surface area contributed by atoms with Crippen LogP contribution in [-0.2, 0) is 9.59 Å². The van der Waals surface area contributed by atoms with E-state index in [2.05, 4.69) is 23.0 Å². The lowest BCUT2D eigenvalue weighted by Crippen LogP contribution is -2.47. The number of rotatable bonds is 6. The zero-order valence-electron chi connectivity index (χ0n) is 16.5. The molecule has 0 aliphatic carbocycles. The smallest absolute Gasteiger partial charge is 0.289 e. The lowest BCUT2D eigenvalue weighted by atomic mass is 9.80. The van der Waals surface area contributed by atoms with E-state index in [1.54, 1.807) is 12.0 Å². The van der Waals surface area contributed by atoms with Crippen molar-refractivity contribution in [3.63, 3.8) is 0 Å². The fraction of sp³-hybridized carbons (Fsp3) is 0.619. The molecule has 148 valence electrons. The predicted molar refractivity (Wildman–Crippen MR) is 104 cm³/mol. The van der Waals surface area contributed by atoms with Crippen LogP contribution in [0.25, 0.3) is 0 Å². The van der Waals surface area contributed by atoms with Gasteiger partial charge in [0.1, 0.15) is 5.75 Å². The van der Waals surface area contributed by atoms with E-state index in [1.165, 1.54) is 5.56 Å². The van der Waals surface area contributed by atoms with Gasteiger partial charge in [-0.25, -0.2) is 0 Å². The van der Waals surface area contributed by atoms with E-state index in [4.69, 9.17) is 4.74 Å². The summed E-state index contributed by atoms with van der Waals surface area (Å²) >= 11 is 0. The van der Waals surface area contributed by atoms with Crippen molar-refractivity contribution in [3.05, 3.63) is 29.8 Å². The Balaban J connectivity index is 1.60. The molecule has 2 fully saturated rings. The summed E-state index contributed by atoms with van der Waals surface area (Å²) in [5, 5.41) is 0. The molecule has 6 heteroatoms. The summed E-state index contributed by atoms with van der Waals surface area (Å²) in [6.07, 6.45) is 2.17. The van der Waals surface area contributed by atoms with Crippen LogP contribution in [0.4, 0.5) is 0 Å². The largest absolute Gasteiger partial charge is 0.497 e. The van der Waals surface area contributed by atoms with Crippen LogP contribution < -0.4 is 15.6 Å². The number of amides is 1. The summed E-state index contributed by atoms with van der Waals surface area (Å²) in [5.41, 5.74) is 8.01. The number of methoxy groups -OCH3 is 1. The zero-order valence-corrected chi connectivity index (χ0v) is 16.5. The number of nitrogens with zero attached hydrogens (tertiary/aromatic N) is 1. The van der Waals surface area contributed by atoms with Crippen molar-refractivity contribution in [1.82, 2.24) is 15.8 Å². The van der Waals surface area contributed by atoms with Gasteiger partial charge in [-0.2, -0.15) is 0 Å². The number of Topliss-reactive ketones (excluding diaryl/α,β-unsaturated/α-hetero) is 1. The van der Waals surface area contributed by atoms with Crippen LogP contribution in [-0.4, -0.2) is 49.4 Å². The Kier molecular flexibility index (Phi) is 6.50. The number of benzene rings is 1. The highest BCUT2D eigenvalue weighted by Gasteiger charge is 2.37. The molecule has 2 atom stereocenters. The summed E-state index contributed by atoms with van der Waals surface area (Å²) in [5.74, 6) is 1.39. The molecule has 2 heterocycles. The van der Waals surface area contributed by atoms with Gasteiger partial charge in [0.05, 0.1) is 7.11 Å². The van der Waals surface area contributed by atoms with E-state index >= 15 is 0 Å². The molecule has 0 radical (unpaired) electrons. The number of carbonyl (C=O) groups excluding carboxylic acids is 2. The monoisotopic (exact) mass is 373 g/mol. The van der Waals surface area contributed by atoms with Gasteiger partial charge in [0.15, 0.2) is 0 Å². The maximum absolute atomic E-state index is 12.4. The van der Waals surface area contributed by atoms with E-state index < -0.39 is 0 Å². The average Bonchev–Trinajstić information content (AvgIpc) is 3.17. The van der Waals surface area contributed by atoms with Gasteiger partial charge in [0.2, 0.25) is 5.78 Å². The molecule has 2 saturated heterocycles. The van der Waals surface area contributed by atoms with Crippen molar-refractivity contribution in [2.45, 2.75) is 45.1 Å². The Bertz CT molecular complexity index is 668. The van der Waals surface area contributed by atoms with Crippen LogP contribution in [0.15, 0.2) is 24.3 Å². The minimum atomic E-state index is -0.302. The molecule has 1 aromatic rings. The molecular formula is C21H31N3O3. The lowest BCUT2D eigenvalue weighted by Gasteiger charge is -2.36. The fourth-order valence-corrected chi connectivity index (χ4v) is 4.25. The molecule has 0 spiro atoms. The van der Waals surface area contributed by atoms with Gasteiger partial charge in [-0.3, -0.25) is 20.4 Å². The summed E-state index contributed by atoms with van der Waals surface area (Å²) in [7, 11) is 1.69. The third kappa shape index (κ3) is 4.68. The normalized spacial score (nSPS) is 23.6. The fourth-order valence-electron chi connectivity index (χ4n) is 4.25. The number of ketones is 1. The number of hydrogen-bond donors (Lipinski definition) is 2. The van der Waals surface area contributed by atoms with Crippen LogP contribution in [0.5, 0.6) is 5.75 Å². The van der Waals surface area contributed by atoms with Gasteiger partial charge in [-0.05, 0) is 42.4 Å². The SMILES string of the molecule is COc1cccc(C2CNNC2C2CCN(C(=O)C(=O)CC(C)C)CC2)c1. The number of carbonyl (C=O) groups is 2. The third-order valence-electron chi connectivity index (χ3n) is 5.71. The van der Waals surface area contributed by atoms with E-state index in [0.717, 1.165) is 25.1 Å². The predicted octanol–water partition coefficient (Wildman–Crippen LogP) is 2.11. The van der Waals surface area contributed by atoms with E-state index in [9.17, 15) is 9.59 Å².